The van der Waals surface area contributed by atoms with Crippen LogP contribution in [0.1, 0.15) is 65.7 Å². The monoisotopic (exact) mass is 348 g/mol. The summed E-state index contributed by atoms with van der Waals surface area (Å²) in [6, 6.07) is 0. The summed E-state index contributed by atoms with van der Waals surface area (Å²) in [4.78, 5) is 24.5. The second-order valence-corrected chi connectivity index (χ2v) is 14.4. The molecule has 3 rings (SSSR count). The summed E-state index contributed by atoms with van der Waals surface area (Å²) in [5.41, 5.74) is 1.02. The van der Waals surface area contributed by atoms with E-state index in [1.54, 1.807) is 0 Å². The lowest BCUT2D eigenvalue weighted by Crippen LogP contribution is -2.55. The van der Waals surface area contributed by atoms with Crippen LogP contribution in [-0.4, -0.2) is 26.0 Å². The maximum absolute atomic E-state index is 12.5. The van der Waals surface area contributed by atoms with Crippen molar-refractivity contribution in [2.24, 2.45) is 11.3 Å². The lowest BCUT2D eigenvalue weighted by atomic mass is 9.59. The lowest BCUT2D eigenvalue weighted by Gasteiger charge is -2.53. The van der Waals surface area contributed by atoms with Crippen LogP contribution in [0.2, 0.25) is 18.1 Å². The van der Waals surface area contributed by atoms with Crippen molar-refractivity contribution in [3.05, 3.63) is 11.6 Å². The third-order valence-electron chi connectivity index (χ3n) is 7.08. The molecule has 0 N–H and O–H groups in total. The van der Waals surface area contributed by atoms with Crippen LogP contribution in [0, 0.1) is 11.3 Å². The zero-order chi connectivity index (χ0) is 17.8. The second kappa shape index (κ2) is 5.91. The minimum Gasteiger partial charge on any atom is -0.413 e. The highest BCUT2D eigenvalue weighted by Gasteiger charge is 2.55. The minimum absolute atomic E-state index is 0.123. The summed E-state index contributed by atoms with van der Waals surface area (Å²) >= 11 is 0. The van der Waals surface area contributed by atoms with Gasteiger partial charge < -0.3 is 4.43 Å². The van der Waals surface area contributed by atoms with Crippen molar-refractivity contribution in [1.29, 1.82) is 0 Å². The number of carbonyl (C=O) groups is 2. The Morgan fingerprint density at radius 3 is 2.46 bits per heavy atom. The second-order valence-electron chi connectivity index (χ2n) is 9.64. The number of rotatable bonds is 2. The number of Topliss-reactive ketones (excluding diaryl/α,β-unsaturated/α-hetero) is 1. The van der Waals surface area contributed by atoms with Gasteiger partial charge >= 0.3 is 0 Å². The van der Waals surface area contributed by atoms with E-state index in [-0.39, 0.29) is 22.3 Å². The van der Waals surface area contributed by atoms with Crippen LogP contribution >= 0.6 is 0 Å². The van der Waals surface area contributed by atoms with Gasteiger partial charge in [0.15, 0.2) is 14.1 Å². The van der Waals surface area contributed by atoms with Gasteiger partial charge in [-0.1, -0.05) is 26.3 Å². The van der Waals surface area contributed by atoms with Gasteiger partial charge in [0.25, 0.3) is 0 Å². The third kappa shape index (κ3) is 2.96. The fraction of sp³-hybridized carbons (Fsp3) is 0.800. The summed E-state index contributed by atoms with van der Waals surface area (Å²) in [5.74, 6) is 1.07. The number of allylic oxidation sites excluding steroid dienone is 1. The molecule has 1 spiro atoms. The van der Waals surface area contributed by atoms with Crippen LogP contribution in [0.4, 0.5) is 0 Å². The molecule has 2 bridgehead atoms. The highest BCUT2D eigenvalue weighted by molar-refractivity contribution is 6.74. The standard InChI is InChI=1S/C20H32O3Si/c1-19(2,3)24(4,5)23-18-14-6-8-15-12-16(21)10-11-20(15,18)13-17(22)9-7-14/h12,14,18H,6-11,13H2,1-5H3. The topological polar surface area (TPSA) is 43.4 Å². The molecular weight excluding hydrogens is 316 g/mol. The molecule has 3 aliphatic rings. The zero-order valence-electron chi connectivity index (χ0n) is 15.9. The molecule has 2 fully saturated rings. The molecule has 0 heterocycles. The average Bonchev–Trinajstić information content (AvgIpc) is 2.53. The van der Waals surface area contributed by atoms with E-state index in [9.17, 15) is 9.59 Å². The predicted molar refractivity (Wildman–Crippen MR) is 98.4 cm³/mol. The van der Waals surface area contributed by atoms with Crippen molar-refractivity contribution < 1.29 is 14.0 Å². The van der Waals surface area contributed by atoms with Crippen LogP contribution in [0.25, 0.3) is 0 Å². The van der Waals surface area contributed by atoms with E-state index in [1.807, 2.05) is 6.08 Å². The van der Waals surface area contributed by atoms with Crippen LogP contribution in [-0.2, 0) is 14.0 Å². The molecule has 3 nitrogen and oxygen atoms in total. The van der Waals surface area contributed by atoms with E-state index in [1.165, 1.54) is 5.57 Å². The summed E-state index contributed by atoms with van der Waals surface area (Å²) in [7, 11) is -1.92. The van der Waals surface area contributed by atoms with Crippen LogP contribution in [0.3, 0.4) is 0 Å². The van der Waals surface area contributed by atoms with Crippen molar-refractivity contribution in [1.82, 2.24) is 0 Å². The van der Waals surface area contributed by atoms with E-state index in [4.69, 9.17) is 4.43 Å². The van der Waals surface area contributed by atoms with E-state index in [2.05, 4.69) is 33.9 Å². The smallest absolute Gasteiger partial charge is 0.192 e. The largest absolute Gasteiger partial charge is 0.413 e. The van der Waals surface area contributed by atoms with E-state index >= 15 is 0 Å². The van der Waals surface area contributed by atoms with Crippen LogP contribution in [0.5, 0.6) is 0 Å². The Bertz CT molecular complexity index is 584. The first-order valence-corrected chi connectivity index (χ1v) is 12.4. The molecular formula is C20H32O3Si. The van der Waals surface area contributed by atoms with Gasteiger partial charge in [-0.25, -0.2) is 0 Å². The van der Waals surface area contributed by atoms with E-state index in [0.717, 1.165) is 25.7 Å². The number of hydrogen-bond acceptors (Lipinski definition) is 3. The molecule has 0 aromatic rings. The predicted octanol–water partition coefficient (Wildman–Crippen LogP) is 4.82. The van der Waals surface area contributed by atoms with Crippen LogP contribution in [0.15, 0.2) is 11.6 Å². The van der Waals surface area contributed by atoms with Crippen molar-refractivity contribution in [3.8, 4) is 0 Å². The Morgan fingerprint density at radius 1 is 1.12 bits per heavy atom. The Kier molecular flexibility index (Phi) is 4.45. The first-order valence-electron chi connectivity index (χ1n) is 9.49. The molecule has 0 saturated heterocycles. The fourth-order valence-corrected chi connectivity index (χ4v) is 6.00. The molecule has 0 aromatic carbocycles. The maximum Gasteiger partial charge on any atom is 0.192 e. The highest BCUT2D eigenvalue weighted by atomic mass is 28.4. The van der Waals surface area contributed by atoms with Gasteiger partial charge in [-0.15, -0.1) is 0 Å². The number of hydrogen-bond donors (Lipinski definition) is 0. The van der Waals surface area contributed by atoms with E-state index in [0.29, 0.717) is 31.0 Å². The van der Waals surface area contributed by atoms with Gasteiger partial charge in [0.05, 0.1) is 6.10 Å². The molecule has 0 aromatic heterocycles. The van der Waals surface area contributed by atoms with Crippen molar-refractivity contribution >= 4 is 19.9 Å². The number of ketones is 2. The quantitative estimate of drug-likeness (QED) is 0.672. The average molecular weight is 349 g/mol. The van der Waals surface area contributed by atoms with Crippen molar-refractivity contribution in [2.45, 2.75) is 90.0 Å². The Balaban J connectivity index is 2.03. The molecule has 0 amide bonds. The Labute approximate surface area is 147 Å². The first kappa shape index (κ1) is 18.1. The summed E-state index contributed by atoms with van der Waals surface area (Å²) < 4.78 is 6.97. The Morgan fingerprint density at radius 2 is 1.79 bits per heavy atom. The van der Waals surface area contributed by atoms with Crippen molar-refractivity contribution in [3.63, 3.8) is 0 Å². The molecule has 0 radical (unpaired) electrons. The zero-order valence-corrected chi connectivity index (χ0v) is 16.9. The molecule has 4 heteroatoms. The number of fused-ring (bicyclic) bond motifs is 1. The van der Waals surface area contributed by atoms with Gasteiger partial charge in [0.2, 0.25) is 0 Å². The SMILES string of the molecule is CC(C)(C)[Si](C)(C)OC1C2CCC(=O)CC13CCC(=O)C=C3CC2. The molecule has 0 aliphatic heterocycles. The normalized spacial score (nSPS) is 34.5. The van der Waals surface area contributed by atoms with E-state index < -0.39 is 8.32 Å². The summed E-state index contributed by atoms with van der Waals surface area (Å²) in [6.07, 6.45) is 7.63. The molecule has 3 unspecified atom stereocenters. The van der Waals surface area contributed by atoms with Crippen molar-refractivity contribution in [2.75, 3.05) is 0 Å². The molecule has 2 saturated carbocycles. The molecule has 3 aliphatic carbocycles. The maximum atomic E-state index is 12.5. The minimum atomic E-state index is -1.92. The van der Waals surface area contributed by atoms with Gasteiger partial charge in [0, 0.05) is 24.7 Å². The molecule has 134 valence electrons. The summed E-state index contributed by atoms with van der Waals surface area (Å²) in [5, 5.41) is 0.155. The van der Waals surface area contributed by atoms with Crippen LogP contribution < -0.4 is 0 Å². The lowest BCUT2D eigenvalue weighted by molar-refractivity contribution is -0.124. The fourth-order valence-electron chi connectivity index (χ4n) is 4.59. The number of carbonyl (C=O) groups excluding carboxylic acids is 2. The first-order chi connectivity index (χ1) is 11.1. The summed E-state index contributed by atoms with van der Waals surface area (Å²) in [6.45, 7) is 11.4. The van der Waals surface area contributed by atoms with Gasteiger partial charge in [0.1, 0.15) is 5.78 Å². The molecule has 3 atom stereocenters. The molecule has 24 heavy (non-hydrogen) atoms. The third-order valence-corrected chi connectivity index (χ3v) is 11.5. The highest BCUT2D eigenvalue weighted by Crippen LogP contribution is 2.57. The van der Waals surface area contributed by atoms with Gasteiger partial charge in [-0.05, 0) is 55.8 Å². The van der Waals surface area contributed by atoms with Gasteiger partial charge in [-0.2, -0.15) is 0 Å². The van der Waals surface area contributed by atoms with Gasteiger partial charge in [-0.3, -0.25) is 9.59 Å². The Hall–Kier alpha value is -0.743.